The van der Waals surface area contributed by atoms with Crippen LogP contribution in [0.5, 0.6) is 0 Å². The van der Waals surface area contributed by atoms with Crippen molar-refractivity contribution in [1.29, 1.82) is 0 Å². The molecule has 0 radical (unpaired) electrons. The quantitative estimate of drug-likeness (QED) is 0.719. The average Bonchev–Trinajstić information content (AvgIpc) is 2.49. The van der Waals surface area contributed by atoms with E-state index in [1.54, 1.807) is 6.20 Å². The number of nitrogens with zero attached hydrogens (tertiary/aromatic N) is 1. The number of aromatic nitrogens is 1. The summed E-state index contributed by atoms with van der Waals surface area (Å²) in [6.45, 7) is 8.61. The van der Waals surface area contributed by atoms with E-state index in [2.05, 4.69) is 20.9 Å². The molecule has 1 atom stereocenters. The van der Waals surface area contributed by atoms with Gasteiger partial charge in [0.05, 0.1) is 18.3 Å². The maximum absolute atomic E-state index is 11.9. The number of nitrogens with one attached hydrogen (secondary N) is 3. The highest BCUT2D eigenvalue weighted by Gasteiger charge is 2.19. The van der Waals surface area contributed by atoms with Crippen LogP contribution in [0.4, 0.5) is 4.79 Å². The van der Waals surface area contributed by atoms with Crippen molar-refractivity contribution in [2.24, 2.45) is 11.8 Å². The van der Waals surface area contributed by atoms with Gasteiger partial charge in [-0.3, -0.25) is 9.78 Å². The fourth-order valence-corrected chi connectivity index (χ4v) is 1.88. The van der Waals surface area contributed by atoms with Crippen LogP contribution >= 0.6 is 0 Å². The third-order valence-electron chi connectivity index (χ3n) is 3.08. The Balaban J connectivity index is 2.46. The Bertz CT molecular complexity index is 474. The zero-order valence-electron chi connectivity index (χ0n) is 13.7. The van der Waals surface area contributed by atoms with Gasteiger partial charge in [0.1, 0.15) is 0 Å². The van der Waals surface area contributed by atoms with Crippen LogP contribution in [0.25, 0.3) is 0 Å². The lowest BCUT2D eigenvalue weighted by Crippen LogP contribution is -2.44. The minimum atomic E-state index is -0.371. The lowest BCUT2D eigenvalue weighted by Gasteiger charge is -2.22. The van der Waals surface area contributed by atoms with Gasteiger partial charge in [-0.25, -0.2) is 4.79 Å². The molecule has 0 fully saturated rings. The summed E-state index contributed by atoms with van der Waals surface area (Å²) in [5.41, 5.74) is 0.803. The number of pyridine rings is 1. The third kappa shape index (κ3) is 6.56. The van der Waals surface area contributed by atoms with Crippen LogP contribution in [0.2, 0.25) is 0 Å². The van der Waals surface area contributed by atoms with Gasteiger partial charge in [-0.2, -0.15) is 0 Å². The number of hydrogen-bond donors (Lipinski definition) is 3. The molecule has 1 aromatic heterocycles. The minimum absolute atomic E-state index is 0.0361. The molecule has 0 bridgehead atoms. The number of rotatable bonds is 7. The lowest BCUT2D eigenvalue weighted by molar-refractivity contribution is -0.120. The molecule has 3 N–H and O–H groups in total. The molecule has 22 heavy (non-hydrogen) atoms. The molecule has 0 spiro atoms. The van der Waals surface area contributed by atoms with Crippen molar-refractivity contribution in [3.63, 3.8) is 0 Å². The van der Waals surface area contributed by atoms with Crippen molar-refractivity contribution in [3.8, 4) is 0 Å². The monoisotopic (exact) mass is 306 g/mol. The van der Waals surface area contributed by atoms with Gasteiger partial charge in [0.2, 0.25) is 5.91 Å². The van der Waals surface area contributed by atoms with E-state index >= 15 is 0 Å². The first-order valence-corrected chi connectivity index (χ1v) is 7.62. The van der Waals surface area contributed by atoms with Crippen LogP contribution in [0.1, 0.15) is 39.4 Å². The Kier molecular flexibility index (Phi) is 7.36. The molecule has 6 nitrogen and oxygen atoms in total. The predicted octanol–water partition coefficient (Wildman–Crippen LogP) is 1.85. The number of carbonyl (C=O) groups excluding carboxylic acids is 2. The zero-order valence-corrected chi connectivity index (χ0v) is 13.7. The van der Waals surface area contributed by atoms with Gasteiger partial charge in [-0.05, 0) is 24.0 Å². The van der Waals surface area contributed by atoms with Gasteiger partial charge in [0.25, 0.3) is 0 Å². The fourth-order valence-electron chi connectivity index (χ4n) is 1.88. The van der Waals surface area contributed by atoms with Gasteiger partial charge in [-0.1, -0.05) is 33.8 Å². The first-order valence-electron chi connectivity index (χ1n) is 7.62. The van der Waals surface area contributed by atoms with Gasteiger partial charge < -0.3 is 16.0 Å². The summed E-state index contributed by atoms with van der Waals surface area (Å²) in [6.07, 6.45) is 1.70. The molecular weight excluding hydrogens is 280 g/mol. The molecule has 0 aliphatic heterocycles. The molecule has 1 rings (SSSR count). The number of carbonyl (C=O) groups is 2. The van der Waals surface area contributed by atoms with Crippen LogP contribution in [0.15, 0.2) is 24.4 Å². The maximum Gasteiger partial charge on any atom is 0.315 e. The average molecular weight is 306 g/mol. The van der Waals surface area contributed by atoms with Crippen LogP contribution in [0.3, 0.4) is 0 Å². The SMILES string of the molecule is CC(C)CNC(=O)CNC(=O)N[C@H](c1ccccn1)C(C)C. The summed E-state index contributed by atoms with van der Waals surface area (Å²) in [6, 6.07) is 5.03. The highest BCUT2D eigenvalue weighted by molar-refractivity contribution is 5.84. The molecule has 6 heteroatoms. The van der Waals surface area contributed by atoms with Crippen molar-refractivity contribution < 1.29 is 9.59 Å². The Hall–Kier alpha value is -2.11. The van der Waals surface area contributed by atoms with E-state index in [9.17, 15) is 9.59 Å². The largest absolute Gasteiger partial charge is 0.354 e. The summed E-state index contributed by atoms with van der Waals surface area (Å²) >= 11 is 0. The summed E-state index contributed by atoms with van der Waals surface area (Å²) in [5, 5.41) is 8.18. The second-order valence-electron chi connectivity index (χ2n) is 6.00. The summed E-state index contributed by atoms with van der Waals surface area (Å²) in [5.74, 6) is 0.380. The molecule has 122 valence electrons. The minimum Gasteiger partial charge on any atom is -0.354 e. The molecule has 1 aromatic rings. The Labute approximate surface area is 132 Å². The fraction of sp³-hybridized carbons (Fsp3) is 0.562. The van der Waals surface area contributed by atoms with Crippen molar-refractivity contribution in [2.75, 3.05) is 13.1 Å². The normalized spacial score (nSPS) is 12.1. The molecular formula is C16H26N4O2. The smallest absolute Gasteiger partial charge is 0.315 e. The summed E-state index contributed by atoms with van der Waals surface area (Å²) in [4.78, 5) is 27.8. The Morgan fingerprint density at radius 2 is 1.86 bits per heavy atom. The zero-order chi connectivity index (χ0) is 16.5. The van der Waals surface area contributed by atoms with E-state index in [0.29, 0.717) is 12.5 Å². The van der Waals surface area contributed by atoms with E-state index in [-0.39, 0.29) is 30.4 Å². The molecule has 1 heterocycles. The highest BCUT2D eigenvalue weighted by atomic mass is 16.2. The highest BCUT2D eigenvalue weighted by Crippen LogP contribution is 2.18. The molecule has 0 saturated heterocycles. The van der Waals surface area contributed by atoms with Gasteiger partial charge in [0, 0.05) is 12.7 Å². The second-order valence-corrected chi connectivity index (χ2v) is 6.00. The van der Waals surface area contributed by atoms with Gasteiger partial charge in [-0.15, -0.1) is 0 Å². The van der Waals surface area contributed by atoms with Crippen molar-refractivity contribution in [3.05, 3.63) is 30.1 Å². The van der Waals surface area contributed by atoms with Gasteiger partial charge >= 0.3 is 6.03 Å². The number of hydrogen-bond acceptors (Lipinski definition) is 3. The topological polar surface area (TPSA) is 83.1 Å². The third-order valence-corrected chi connectivity index (χ3v) is 3.08. The second kappa shape index (κ2) is 9.02. The van der Waals surface area contributed by atoms with Gasteiger partial charge in [0.15, 0.2) is 0 Å². The van der Waals surface area contributed by atoms with Crippen LogP contribution in [-0.4, -0.2) is 30.0 Å². The number of amides is 3. The van der Waals surface area contributed by atoms with E-state index in [1.807, 2.05) is 45.9 Å². The molecule has 3 amide bonds. The van der Waals surface area contributed by atoms with Crippen molar-refractivity contribution >= 4 is 11.9 Å². The molecule has 0 saturated carbocycles. The predicted molar refractivity (Wildman–Crippen MR) is 86.2 cm³/mol. The first-order chi connectivity index (χ1) is 10.4. The number of urea groups is 1. The maximum atomic E-state index is 11.9. The van der Waals surface area contributed by atoms with Crippen LogP contribution in [0, 0.1) is 11.8 Å². The summed E-state index contributed by atoms with van der Waals surface area (Å²) < 4.78 is 0. The summed E-state index contributed by atoms with van der Waals surface area (Å²) in [7, 11) is 0. The van der Waals surface area contributed by atoms with Crippen LogP contribution in [-0.2, 0) is 4.79 Å². The Morgan fingerprint density at radius 3 is 2.41 bits per heavy atom. The lowest BCUT2D eigenvalue weighted by atomic mass is 10.0. The Morgan fingerprint density at radius 1 is 1.14 bits per heavy atom. The van der Waals surface area contributed by atoms with E-state index in [1.165, 1.54) is 0 Å². The molecule has 0 aromatic carbocycles. The van der Waals surface area contributed by atoms with E-state index < -0.39 is 0 Å². The standard InChI is InChI=1S/C16H26N4O2/c1-11(2)9-18-14(21)10-19-16(22)20-15(12(3)4)13-7-5-6-8-17-13/h5-8,11-12,15H,9-10H2,1-4H3,(H,18,21)(H2,19,20,22)/t15-/m0/s1. The van der Waals surface area contributed by atoms with Crippen LogP contribution < -0.4 is 16.0 Å². The molecule has 0 aliphatic rings. The van der Waals surface area contributed by atoms with E-state index in [4.69, 9.17) is 0 Å². The van der Waals surface area contributed by atoms with E-state index in [0.717, 1.165) is 5.69 Å². The van der Waals surface area contributed by atoms with Crippen molar-refractivity contribution in [1.82, 2.24) is 20.9 Å². The molecule has 0 unspecified atom stereocenters. The first kappa shape index (κ1) is 17.9. The molecule has 0 aliphatic carbocycles. The van der Waals surface area contributed by atoms with Crippen molar-refractivity contribution in [2.45, 2.75) is 33.7 Å².